The number of hydrogen-bond acceptors (Lipinski definition) is 0. The van der Waals surface area contributed by atoms with Crippen molar-refractivity contribution in [2.45, 2.75) is 12.8 Å². The van der Waals surface area contributed by atoms with E-state index in [0.717, 1.165) is 12.8 Å². The lowest BCUT2D eigenvalue weighted by Gasteiger charge is -2.06. The number of fused-ring (bicyclic) bond motifs is 5. The van der Waals surface area contributed by atoms with Gasteiger partial charge in [-0.2, -0.15) is 0 Å². The first-order chi connectivity index (χ1) is 9.92. The third-order valence-electron chi connectivity index (χ3n) is 4.10. The van der Waals surface area contributed by atoms with Gasteiger partial charge in [-0.05, 0) is 45.2 Å². The van der Waals surface area contributed by atoms with E-state index in [0.29, 0.717) is 0 Å². The summed E-state index contributed by atoms with van der Waals surface area (Å²) in [7, 11) is 0. The van der Waals surface area contributed by atoms with Crippen LogP contribution in [0.15, 0.2) is 72.4 Å². The highest BCUT2D eigenvalue weighted by Crippen LogP contribution is 2.19. The minimum Gasteiger partial charge on any atom is -0.0805 e. The van der Waals surface area contributed by atoms with Crippen LogP contribution >= 0.6 is 0 Å². The van der Waals surface area contributed by atoms with E-state index in [4.69, 9.17) is 0 Å². The van der Waals surface area contributed by atoms with Crippen LogP contribution in [0.5, 0.6) is 0 Å². The second-order valence-electron chi connectivity index (χ2n) is 5.40. The molecule has 0 saturated heterocycles. The van der Waals surface area contributed by atoms with Crippen LogP contribution in [0.2, 0.25) is 0 Å². The standard InChI is InChI=1S/C20H16/c1-2-6-15-10-12-20-18-9-5-4-7-16(18)11-13-19(20)17(14-15)8-3-1/h2-13H,1,14H2/b6-2-,8-3-. The molecule has 0 fully saturated rings. The molecule has 0 unspecified atom stereocenters. The molecular formula is C20H16. The zero-order valence-electron chi connectivity index (χ0n) is 11.3. The Balaban J connectivity index is 2.19. The maximum absolute atomic E-state index is 2.30. The van der Waals surface area contributed by atoms with Crippen molar-refractivity contribution in [2.24, 2.45) is 0 Å². The first-order valence-electron chi connectivity index (χ1n) is 7.17. The minimum absolute atomic E-state index is 1.02. The summed E-state index contributed by atoms with van der Waals surface area (Å²) in [6, 6.07) is 13.2. The number of rotatable bonds is 0. The van der Waals surface area contributed by atoms with Crippen LogP contribution in [0.3, 0.4) is 0 Å². The maximum atomic E-state index is 2.30. The first kappa shape index (κ1) is 11.5. The molecular weight excluding hydrogens is 240 g/mol. The van der Waals surface area contributed by atoms with Gasteiger partial charge in [-0.25, -0.2) is 0 Å². The lowest BCUT2D eigenvalue weighted by Crippen LogP contribution is -2.26. The maximum Gasteiger partial charge on any atom is -0.00198 e. The van der Waals surface area contributed by atoms with Crippen molar-refractivity contribution < 1.29 is 0 Å². The fraction of sp³-hybridized carbons (Fsp3) is 0.100. The highest BCUT2D eigenvalue weighted by Gasteiger charge is 2.06. The van der Waals surface area contributed by atoms with Crippen LogP contribution < -0.4 is 10.4 Å². The summed E-state index contributed by atoms with van der Waals surface area (Å²) in [5, 5.41) is 5.39. The molecule has 0 heterocycles. The van der Waals surface area contributed by atoms with Gasteiger partial charge in [0.1, 0.15) is 0 Å². The molecule has 0 spiro atoms. The molecule has 0 radical (unpaired) electrons. The fourth-order valence-corrected chi connectivity index (χ4v) is 3.09. The second-order valence-corrected chi connectivity index (χ2v) is 5.40. The van der Waals surface area contributed by atoms with E-state index in [9.17, 15) is 0 Å². The lowest BCUT2D eigenvalue weighted by atomic mass is 9.99. The molecule has 0 saturated carbocycles. The third-order valence-corrected chi connectivity index (χ3v) is 4.10. The molecule has 2 aliphatic carbocycles. The van der Waals surface area contributed by atoms with Crippen molar-refractivity contribution in [1.29, 1.82) is 0 Å². The van der Waals surface area contributed by atoms with E-state index >= 15 is 0 Å². The fourth-order valence-electron chi connectivity index (χ4n) is 3.09. The number of benzene rings is 2. The summed E-state index contributed by atoms with van der Waals surface area (Å²) in [6.07, 6.45) is 15.6. The van der Waals surface area contributed by atoms with Crippen LogP contribution in [-0.2, 0) is 0 Å². The van der Waals surface area contributed by atoms with E-state index in [2.05, 4.69) is 72.9 Å². The van der Waals surface area contributed by atoms with Gasteiger partial charge >= 0.3 is 0 Å². The van der Waals surface area contributed by atoms with Gasteiger partial charge in [-0.3, -0.25) is 0 Å². The van der Waals surface area contributed by atoms with Crippen molar-refractivity contribution in [2.75, 3.05) is 0 Å². The molecule has 0 aliphatic heterocycles. The van der Waals surface area contributed by atoms with Crippen LogP contribution in [0.1, 0.15) is 12.8 Å². The molecule has 20 heavy (non-hydrogen) atoms. The first-order valence-corrected chi connectivity index (χ1v) is 7.17. The Bertz CT molecular complexity index is 889. The summed E-state index contributed by atoms with van der Waals surface area (Å²) in [5.41, 5.74) is 2.82. The number of hydrogen-bond donors (Lipinski definition) is 0. The van der Waals surface area contributed by atoms with Gasteiger partial charge in [0.2, 0.25) is 0 Å². The Morgan fingerprint density at radius 2 is 1.70 bits per heavy atom. The molecule has 2 aromatic carbocycles. The molecule has 2 bridgehead atoms. The predicted molar refractivity (Wildman–Crippen MR) is 86.7 cm³/mol. The Labute approximate surface area is 118 Å². The van der Waals surface area contributed by atoms with Gasteiger partial charge in [0.05, 0.1) is 0 Å². The van der Waals surface area contributed by atoms with Crippen molar-refractivity contribution in [3.05, 3.63) is 82.8 Å². The molecule has 2 aromatic rings. The van der Waals surface area contributed by atoms with Crippen molar-refractivity contribution in [1.82, 2.24) is 0 Å². The summed E-state index contributed by atoms with van der Waals surface area (Å²) >= 11 is 0. The molecule has 0 heteroatoms. The second kappa shape index (κ2) is 4.64. The Hall–Kier alpha value is -2.34. The van der Waals surface area contributed by atoms with E-state index in [1.807, 2.05) is 0 Å². The average molecular weight is 256 g/mol. The molecule has 4 rings (SSSR count). The topological polar surface area (TPSA) is 0 Å². The summed E-state index contributed by atoms with van der Waals surface area (Å²) in [4.78, 5) is 0. The molecule has 0 aromatic heterocycles. The predicted octanol–water partition coefficient (Wildman–Crippen LogP) is 3.62. The summed E-state index contributed by atoms with van der Waals surface area (Å²) in [5.74, 6) is 0. The third kappa shape index (κ3) is 1.85. The molecule has 0 nitrogen and oxygen atoms in total. The van der Waals surface area contributed by atoms with E-state index in [-0.39, 0.29) is 0 Å². The number of allylic oxidation sites excluding steroid dienone is 6. The SMILES string of the molecule is C1=C2/C=C\C/C=C\C(=c3ccc4ccccc4c3=C1)C2. The van der Waals surface area contributed by atoms with Crippen LogP contribution in [0.4, 0.5) is 0 Å². The monoisotopic (exact) mass is 256 g/mol. The molecule has 0 atom stereocenters. The van der Waals surface area contributed by atoms with Gasteiger partial charge in [-0.15, -0.1) is 0 Å². The van der Waals surface area contributed by atoms with Crippen molar-refractivity contribution >= 4 is 22.4 Å². The summed E-state index contributed by atoms with van der Waals surface area (Å²) < 4.78 is 0. The van der Waals surface area contributed by atoms with Crippen molar-refractivity contribution in [3.8, 4) is 0 Å². The highest BCUT2D eigenvalue weighted by molar-refractivity contribution is 5.85. The van der Waals surface area contributed by atoms with Gasteiger partial charge in [0.15, 0.2) is 0 Å². The zero-order valence-corrected chi connectivity index (χ0v) is 11.3. The van der Waals surface area contributed by atoms with Gasteiger partial charge in [0.25, 0.3) is 0 Å². The minimum atomic E-state index is 1.02. The largest absolute Gasteiger partial charge is 0.0805 e. The van der Waals surface area contributed by atoms with E-state index in [1.54, 1.807) is 0 Å². The van der Waals surface area contributed by atoms with E-state index in [1.165, 1.54) is 32.4 Å². The lowest BCUT2D eigenvalue weighted by molar-refractivity contribution is 1.25. The van der Waals surface area contributed by atoms with Gasteiger partial charge < -0.3 is 0 Å². The molecule has 2 aliphatic rings. The van der Waals surface area contributed by atoms with Gasteiger partial charge in [-0.1, -0.05) is 72.9 Å². The Morgan fingerprint density at radius 3 is 2.70 bits per heavy atom. The molecule has 0 N–H and O–H groups in total. The Kier molecular flexibility index (Phi) is 2.67. The van der Waals surface area contributed by atoms with Crippen molar-refractivity contribution in [3.63, 3.8) is 0 Å². The summed E-state index contributed by atoms with van der Waals surface area (Å²) in [6.45, 7) is 0. The zero-order chi connectivity index (χ0) is 13.4. The molecule has 0 amide bonds. The smallest absolute Gasteiger partial charge is 0.00198 e. The van der Waals surface area contributed by atoms with Crippen LogP contribution in [0.25, 0.3) is 22.4 Å². The quantitative estimate of drug-likeness (QED) is 0.675. The van der Waals surface area contributed by atoms with Crippen LogP contribution in [-0.4, -0.2) is 0 Å². The van der Waals surface area contributed by atoms with E-state index < -0.39 is 0 Å². The Morgan fingerprint density at radius 1 is 0.800 bits per heavy atom. The average Bonchev–Trinajstić information content (AvgIpc) is 2.65. The normalized spacial score (nSPS) is 20.0. The highest BCUT2D eigenvalue weighted by atomic mass is 14.1. The van der Waals surface area contributed by atoms with Crippen LogP contribution in [0, 0.1) is 0 Å². The molecule has 96 valence electrons. The van der Waals surface area contributed by atoms with Gasteiger partial charge in [0, 0.05) is 0 Å².